The van der Waals surface area contributed by atoms with Gasteiger partial charge in [-0.15, -0.1) is 0 Å². The number of rotatable bonds is 5. The number of amides is 1. The minimum absolute atomic E-state index is 0.0814. The maximum atomic E-state index is 13.9. The third kappa shape index (κ3) is 4.59. The summed E-state index contributed by atoms with van der Waals surface area (Å²) in [6.07, 6.45) is 0.807. The Bertz CT molecular complexity index is 1220. The Kier molecular flexibility index (Phi) is 5.91. The number of fused-ring (bicyclic) bond motifs is 1. The standard InChI is InChI=1S/C26H21FN2O/c27-21-13-15-24-23(18-21)22(26(29-24)20-11-5-2-6-12-20)14-16-25(30)28-17-7-10-19-8-3-1-4-9-19/h1-6,8-9,11-13,15,18,29H,14,16-17H2,(H,28,30). The molecule has 0 spiro atoms. The molecule has 0 fully saturated rings. The molecule has 4 aromatic rings. The lowest BCUT2D eigenvalue weighted by molar-refractivity contribution is -0.120. The fourth-order valence-corrected chi connectivity index (χ4v) is 3.47. The van der Waals surface area contributed by atoms with Crippen LogP contribution in [0, 0.1) is 17.7 Å². The summed E-state index contributed by atoms with van der Waals surface area (Å²) in [5, 5.41) is 3.65. The molecule has 1 aromatic heterocycles. The predicted molar refractivity (Wildman–Crippen MR) is 118 cm³/mol. The number of aromatic nitrogens is 1. The van der Waals surface area contributed by atoms with Gasteiger partial charge in [-0.1, -0.05) is 60.4 Å². The number of carbonyl (C=O) groups excluding carboxylic acids is 1. The van der Waals surface area contributed by atoms with Gasteiger partial charge in [-0.05, 0) is 47.9 Å². The molecule has 1 heterocycles. The molecule has 0 radical (unpaired) electrons. The summed E-state index contributed by atoms with van der Waals surface area (Å²) in [6.45, 7) is 0.293. The Hall–Kier alpha value is -3.84. The van der Waals surface area contributed by atoms with Crippen LogP contribution in [-0.4, -0.2) is 17.4 Å². The maximum absolute atomic E-state index is 13.9. The maximum Gasteiger partial charge on any atom is 0.221 e. The van der Waals surface area contributed by atoms with E-state index in [0.717, 1.165) is 33.3 Å². The third-order valence-corrected chi connectivity index (χ3v) is 4.91. The summed E-state index contributed by atoms with van der Waals surface area (Å²) in [7, 11) is 0. The second-order valence-electron chi connectivity index (χ2n) is 6.98. The summed E-state index contributed by atoms with van der Waals surface area (Å²) in [4.78, 5) is 15.7. The molecule has 0 unspecified atom stereocenters. The van der Waals surface area contributed by atoms with Crippen LogP contribution in [0.5, 0.6) is 0 Å². The number of carbonyl (C=O) groups is 1. The minimum atomic E-state index is -0.289. The highest BCUT2D eigenvalue weighted by atomic mass is 19.1. The Morgan fingerprint density at radius 2 is 1.70 bits per heavy atom. The molecule has 0 aliphatic carbocycles. The smallest absolute Gasteiger partial charge is 0.221 e. The zero-order valence-corrected chi connectivity index (χ0v) is 16.4. The fourth-order valence-electron chi connectivity index (χ4n) is 3.47. The van der Waals surface area contributed by atoms with E-state index in [1.807, 2.05) is 60.7 Å². The highest BCUT2D eigenvalue weighted by Gasteiger charge is 2.15. The van der Waals surface area contributed by atoms with Crippen molar-refractivity contribution in [3.63, 3.8) is 0 Å². The van der Waals surface area contributed by atoms with Crippen molar-refractivity contribution in [2.45, 2.75) is 12.8 Å². The molecular weight excluding hydrogens is 375 g/mol. The summed E-state index contributed by atoms with van der Waals surface area (Å²) in [6, 6.07) is 24.2. The number of aryl methyl sites for hydroxylation is 1. The van der Waals surface area contributed by atoms with Gasteiger partial charge in [0.25, 0.3) is 0 Å². The molecule has 4 heteroatoms. The molecule has 2 N–H and O–H groups in total. The van der Waals surface area contributed by atoms with Crippen LogP contribution in [0.3, 0.4) is 0 Å². The highest BCUT2D eigenvalue weighted by Crippen LogP contribution is 2.31. The quantitative estimate of drug-likeness (QED) is 0.454. The first-order valence-electron chi connectivity index (χ1n) is 9.87. The number of nitrogens with one attached hydrogen (secondary N) is 2. The Labute approximate surface area is 175 Å². The fraction of sp³-hybridized carbons (Fsp3) is 0.115. The van der Waals surface area contributed by atoms with E-state index in [1.165, 1.54) is 12.1 Å². The van der Waals surface area contributed by atoms with E-state index in [4.69, 9.17) is 0 Å². The monoisotopic (exact) mass is 396 g/mol. The van der Waals surface area contributed by atoms with Crippen LogP contribution in [0.1, 0.15) is 17.5 Å². The molecule has 0 aliphatic rings. The first-order chi connectivity index (χ1) is 14.7. The van der Waals surface area contributed by atoms with Crippen molar-refractivity contribution in [1.82, 2.24) is 10.3 Å². The minimum Gasteiger partial charge on any atom is -0.354 e. The zero-order valence-electron chi connectivity index (χ0n) is 16.4. The lowest BCUT2D eigenvalue weighted by Gasteiger charge is -2.06. The number of halogens is 1. The average molecular weight is 396 g/mol. The first-order valence-corrected chi connectivity index (χ1v) is 9.87. The van der Waals surface area contributed by atoms with Gasteiger partial charge in [0.15, 0.2) is 0 Å². The van der Waals surface area contributed by atoms with Gasteiger partial charge in [0, 0.05) is 28.6 Å². The van der Waals surface area contributed by atoms with Crippen molar-refractivity contribution in [2.24, 2.45) is 0 Å². The van der Waals surface area contributed by atoms with E-state index in [2.05, 4.69) is 22.1 Å². The van der Waals surface area contributed by atoms with Crippen molar-refractivity contribution >= 4 is 16.8 Å². The van der Waals surface area contributed by atoms with Crippen LogP contribution in [-0.2, 0) is 11.2 Å². The molecule has 4 rings (SSSR count). The molecule has 0 aliphatic heterocycles. The molecule has 148 valence electrons. The van der Waals surface area contributed by atoms with Crippen LogP contribution in [0.15, 0.2) is 78.9 Å². The van der Waals surface area contributed by atoms with Crippen LogP contribution in [0.2, 0.25) is 0 Å². The molecule has 0 saturated heterocycles. The van der Waals surface area contributed by atoms with E-state index in [0.29, 0.717) is 19.4 Å². The van der Waals surface area contributed by atoms with Crippen LogP contribution in [0.25, 0.3) is 22.2 Å². The van der Waals surface area contributed by atoms with Gasteiger partial charge in [0.2, 0.25) is 5.91 Å². The number of hydrogen-bond donors (Lipinski definition) is 2. The van der Waals surface area contributed by atoms with E-state index in [1.54, 1.807) is 6.07 Å². The number of benzene rings is 3. The molecule has 30 heavy (non-hydrogen) atoms. The number of aromatic amines is 1. The molecule has 1 amide bonds. The van der Waals surface area contributed by atoms with E-state index in [9.17, 15) is 9.18 Å². The van der Waals surface area contributed by atoms with Gasteiger partial charge in [-0.3, -0.25) is 4.79 Å². The molecule has 0 saturated carbocycles. The van der Waals surface area contributed by atoms with Gasteiger partial charge < -0.3 is 10.3 Å². The molecule has 0 bridgehead atoms. The molecule has 3 aromatic carbocycles. The predicted octanol–water partition coefficient (Wildman–Crippen LogP) is 5.07. The van der Waals surface area contributed by atoms with Crippen molar-refractivity contribution in [3.8, 4) is 23.1 Å². The van der Waals surface area contributed by atoms with Crippen LogP contribution >= 0.6 is 0 Å². The van der Waals surface area contributed by atoms with E-state index in [-0.39, 0.29) is 11.7 Å². The molecule has 0 atom stereocenters. The number of H-pyrrole nitrogens is 1. The zero-order chi connectivity index (χ0) is 20.8. The van der Waals surface area contributed by atoms with Crippen molar-refractivity contribution in [2.75, 3.05) is 6.54 Å². The summed E-state index contributed by atoms with van der Waals surface area (Å²) in [5.41, 5.74) is 4.66. The van der Waals surface area contributed by atoms with Gasteiger partial charge in [0.1, 0.15) is 5.82 Å². The van der Waals surface area contributed by atoms with E-state index >= 15 is 0 Å². The van der Waals surface area contributed by atoms with Gasteiger partial charge in [0.05, 0.1) is 6.54 Å². The van der Waals surface area contributed by atoms with Crippen LogP contribution < -0.4 is 5.32 Å². The normalized spacial score (nSPS) is 10.4. The second kappa shape index (κ2) is 9.11. The third-order valence-electron chi connectivity index (χ3n) is 4.91. The highest BCUT2D eigenvalue weighted by molar-refractivity contribution is 5.91. The lowest BCUT2D eigenvalue weighted by atomic mass is 10.0. The van der Waals surface area contributed by atoms with Crippen molar-refractivity contribution < 1.29 is 9.18 Å². The average Bonchev–Trinajstić information content (AvgIpc) is 3.14. The largest absolute Gasteiger partial charge is 0.354 e. The Morgan fingerprint density at radius 3 is 2.47 bits per heavy atom. The van der Waals surface area contributed by atoms with Gasteiger partial charge >= 0.3 is 0 Å². The Balaban J connectivity index is 1.47. The summed E-state index contributed by atoms with van der Waals surface area (Å²) in [5.74, 6) is 5.61. The van der Waals surface area contributed by atoms with Crippen LogP contribution in [0.4, 0.5) is 4.39 Å². The van der Waals surface area contributed by atoms with Gasteiger partial charge in [-0.2, -0.15) is 0 Å². The van der Waals surface area contributed by atoms with Crippen molar-refractivity contribution in [3.05, 3.63) is 95.8 Å². The molecule has 3 nitrogen and oxygen atoms in total. The topological polar surface area (TPSA) is 44.9 Å². The summed E-state index contributed by atoms with van der Waals surface area (Å²) < 4.78 is 13.9. The van der Waals surface area contributed by atoms with Crippen molar-refractivity contribution in [1.29, 1.82) is 0 Å². The molecular formula is C26H21FN2O. The number of hydrogen-bond acceptors (Lipinski definition) is 1. The second-order valence-corrected chi connectivity index (χ2v) is 6.98. The first kappa shape index (κ1) is 19.5. The van der Waals surface area contributed by atoms with Gasteiger partial charge in [-0.25, -0.2) is 4.39 Å². The SMILES string of the molecule is O=C(CCc1c(-c2ccccc2)[nH]c2ccc(F)cc12)NCC#Cc1ccccc1. The summed E-state index contributed by atoms with van der Waals surface area (Å²) >= 11 is 0. The lowest BCUT2D eigenvalue weighted by Crippen LogP contribution is -2.23. The Morgan fingerprint density at radius 1 is 0.967 bits per heavy atom. The van der Waals surface area contributed by atoms with E-state index < -0.39 is 0 Å².